The number of hydrogen-bond donors (Lipinski definition) is 2. The molecule has 4 rings (SSSR count). The van der Waals surface area contributed by atoms with Gasteiger partial charge in [0.1, 0.15) is 0 Å². The molecule has 1 aromatic heterocycles. The van der Waals surface area contributed by atoms with Gasteiger partial charge in [0.05, 0.1) is 4.88 Å². The quantitative estimate of drug-likeness (QED) is 0.855. The molecule has 0 saturated carbocycles. The summed E-state index contributed by atoms with van der Waals surface area (Å²) < 4.78 is 0. The number of piperidine rings is 1. The van der Waals surface area contributed by atoms with Crippen molar-refractivity contribution < 1.29 is 4.79 Å². The molecule has 24 heavy (non-hydrogen) atoms. The summed E-state index contributed by atoms with van der Waals surface area (Å²) in [7, 11) is 0. The van der Waals surface area contributed by atoms with Crippen molar-refractivity contribution in [2.24, 2.45) is 5.92 Å². The van der Waals surface area contributed by atoms with Crippen molar-refractivity contribution in [2.75, 3.05) is 13.1 Å². The van der Waals surface area contributed by atoms with E-state index in [-0.39, 0.29) is 24.4 Å². The maximum atomic E-state index is 12.7. The van der Waals surface area contributed by atoms with Crippen molar-refractivity contribution in [3.05, 3.63) is 46.3 Å². The molecule has 1 aromatic carbocycles. The van der Waals surface area contributed by atoms with Crippen LogP contribution in [-0.4, -0.2) is 25.0 Å². The summed E-state index contributed by atoms with van der Waals surface area (Å²) >= 11 is 1.65. The highest BCUT2D eigenvalue weighted by atomic mass is 35.5. The van der Waals surface area contributed by atoms with Gasteiger partial charge in [0.25, 0.3) is 5.91 Å². The van der Waals surface area contributed by atoms with Gasteiger partial charge in [-0.25, -0.2) is 0 Å². The molecule has 2 aliphatic rings. The molecular formula is C19H23ClN2OS. The Balaban J connectivity index is 0.00000169. The Hall–Kier alpha value is -1.36. The van der Waals surface area contributed by atoms with Gasteiger partial charge in [-0.3, -0.25) is 4.79 Å². The zero-order valence-electron chi connectivity index (χ0n) is 13.8. The molecule has 2 atom stereocenters. The fourth-order valence-corrected chi connectivity index (χ4v) is 4.83. The molecule has 5 heteroatoms. The van der Waals surface area contributed by atoms with E-state index in [1.165, 1.54) is 21.6 Å². The Morgan fingerprint density at radius 3 is 2.88 bits per heavy atom. The Morgan fingerprint density at radius 1 is 1.25 bits per heavy atom. The Bertz CT molecular complexity index is 743. The van der Waals surface area contributed by atoms with Crippen molar-refractivity contribution >= 4 is 29.7 Å². The zero-order valence-corrected chi connectivity index (χ0v) is 15.4. The van der Waals surface area contributed by atoms with E-state index in [1.54, 1.807) is 11.3 Å². The van der Waals surface area contributed by atoms with E-state index in [2.05, 4.69) is 47.9 Å². The minimum atomic E-state index is 0. The van der Waals surface area contributed by atoms with E-state index >= 15 is 0 Å². The van der Waals surface area contributed by atoms with Gasteiger partial charge < -0.3 is 10.6 Å². The second kappa shape index (κ2) is 7.26. The van der Waals surface area contributed by atoms with Crippen LogP contribution in [0.4, 0.5) is 0 Å². The lowest BCUT2D eigenvalue weighted by atomic mass is 9.91. The number of fused-ring (bicyclic) bond motifs is 3. The summed E-state index contributed by atoms with van der Waals surface area (Å²) in [6.45, 7) is 4.18. The van der Waals surface area contributed by atoms with Crippen LogP contribution in [-0.2, 0) is 12.8 Å². The van der Waals surface area contributed by atoms with Crippen LogP contribution in [0.3, 0.4) is 0 Å². The smallest absolute Gasteiger partial charge is 0.261 e. The number of thiophene rings is 1. The Labute approximate surface area is 153 Å². The average Bonchev–Trinajstić information content (AvgIpc) is 3.02. The minimum absolute atomic E-state index is 0. The topological polar surface area (TPSA) is 41.1 Å². The molecule has 0 bridgehead atoms. The molecule has 2 N–H and O–H groups in total. The fraction of sp³-hybridized carbons (Fsp3) is 0.421. The molecule has 1 fully saturated rings. The highest BCUT2D eigenvalue weighted by molar-refractivity contribution is 7.17. The van der Waals surface area contributed by atoms with Gasteiger partial charge in [0.2, 0.25) is 0 Å². The minimum Gasteiger partial charge on any atom is -0.348 e. The third-order valence-electron chi connectivity index (χ3n) is 5.06. The van der Waals surface area contributed by atoms with Gasteiger partial charge in [-0.2, -0.15) is 0 Å². The summed E-state index contributed by atoms with van der Waals surface area (Å²) in [6, 6.07) is 11.0. The van der Waals surface area contributed by atoms with E-state index in [0.29, 0.717) is 5.92 Å². The molecular weight excluding hydrogens is 340 g/mol. The van der Waals surface area contributed by atoms with Crippen LogP contribution in [0.25, 0.3) is 10.4 Å². The predicted octanol–water partition coefficient (Wildman–Crippen LogP) is 3.66. The molecule has 3 nitrogen and oxygen atoms in total. The van der Waals surface area contributed by atoms with Crippen LogP contribution in [0.2, 0.25) is 0 Å². The van der Waals surface area contributed by atoms with Crippen molar-refractivity contribution in [3.8, 4) is 10.4 Å². The maximum Gasteiger partial charge on any atom is 0.261 e. The van der Waals surface area contributed by atoms with Gasteiger partial charge in [0, 0.05) is 10.9 Å². The first kappa shape index (κ1) is 17.5. The van der Waals surface area contributed by atoms with Crippen LogP contribution >= 0.6 is 23.7 Å². The first-order valence-corrected chi connectivity index (χ1v) is 9.26. The van der Waals surface area contributed by atoms with Crippen LogP contribution in [0.15, 0.2) is 30.3 Å². The molecule has 2 heterocycles. The van der Waals surface area contributed by atoms with Crippen LogP contribution in [0, 0.1) is 5.92 Å². The van der Waals surface area contributed by atoms with E-state index in [4.69, 9.17) is 0 Å². The van der Waals surface area contributed by atoms with Crippen LogP contribution in [0.1, 0.15) is 34.1 Å². The predicted molar refractivity (Wildman–Crippen MR) is 102 cm³/mol. The lowest BCUT2D eigenvalue weighted by Gasteiger charge is -2.30. The van der Waals surface area contributed by atoms with Gasteiger partial charge in [-0.1, -0.05) is 31.2 Å². The molecule has 2 aromatic rings. The zero-order chi connectivity index (χ0) is 15.8. The lowest BCUT2D eigenvalue weighted by molar-refractivity contribution is 0.0918. The van der Waals surface area contributed by atoms with Crippen LogP contribution in [0.5, 0.6) is 0 Å². The van der Waals surface area contributed by atoms with Crippen molar-refractivity contribution in [2.45, 2.75) is 32.2 Å². The van der Waals surface area contributed by atoms with Gasteiger partial charge >= 0.3 is 0 Å². The van der Waals surface area contributed by atoms with Gasteiger partial charge in [0.15, 0.2) is 0 Å². The largest absolute Gasteiger partial charge is 0.348 e. The SMILES string of the molecule is CC1CNCCC1NC(=O)c1cc2c(s1)-c1ccccc1CC2.Cl. The highest BCUT2D eigenvalue weighted by Crippen LogP contribution is 2.39. The summed E-state index contributed by atoms with van der Waals surface area (Å²) in [5, 5.41) is 6.63. The summed E-state index contributed by atoms with van der Waals surface area (Å²) in [5.41, 5.74) is 4.05. The summed E-state index contributed by atoms with van der Waals surface area (Å²) in [4.78, 5) is 14.8. The molecule has 1 aliphatic carbocycles. The standard InChI is InChI=1S/C19H22N2OS.ClH/c1-12-11-20-9-8-16(12)21-19(22)17-10-14-7-6-13-4-2-3-5-15(13)18(14)23-17;/h2-5,10,12,16,20H,6-9,11H2,1H3,(H,21,22);1H. The number of amides is 1. The molecule has 2 unspecified atom stereocenters. The van der Waals surface area contributed by atoms with Crippen molar-refractivity contribution in [1.82, 2.24) is 10.6 Å². The molecule has 128 valence electrons. The van der Waals surface area contributed by atoms with E-state index in [0.717, 1.165) is 37.2 Å². The third-order valence-corrected chi connectivity index (χ3v) is 6.27. The second-order valence-corrected chi connectivity index (χ2v) is 7.72. The molecule has 1 aliphatic heterocycles. The van der Waals surface area contributed by atoms with Crippen molar-refractivity contribution in [3.63, 3.8) is 0 Å². The Kier molecular flexibility index (Phi) is 5.28. The molecule has 1 amide bonds. The Morgan fingerprint density at radius 2 is 2.04 bits per heavy atom. The summed E-state index contributed by atoms with van der Waals surface area (Å²) in [5.74, 6) is 0.587. The normalized spacial score (nSPS) is 22.0. The van der Waals surface area contributed by atoms with E-state index < -0.39 is 0 Å². The fourth-order valence-electron chi connectivity index (χ4n) is 3.65. The monoisotopic (exact) mass is 362 g/mol. The lowest BCUT2D eigenvalue weighted by Crippen LogP contribution is -2.48. The second-order valence-electron chi connectivity index (χ2n) is 6.67. The number of rotatable bonds is 2. The number of carbonyl (C=O) groups excluding carboxylic acids is 1. The molecule has 1 saturated heterocycles. The average molecular weight is 363 g/mol. The van der Waals surface area contributed by atoms with Crippen molar-refractivity contribution in [1.29, 1.82) is 0 Å². The molecule has 0 spiro atoms. The van der Waals surface area contributed by atoms with E-state index in [9.17, 15) is 4.79 Å². The van der Waals surface area contributed by atoms with Crippen LogP contribution < -0.4 is 10.6 Å². The number of nitrogens with one attached hydrogen (secondary N) is 2. The first-order chi connectivity index (χ1) is 11.2. The highest BCUT2D eigenvalue weighted by Gasteiger charge is 2.25. The number of benzene rings is 1. The number of aryl methyl sites for hydroxylation is 2. The summed E-state index contributed by atoms with van der Waals surface area (Å²) in [6.07, 6.45) is 3.13. The third kappa shape index (κ3) is 3.23. The number of carbonyl (C=O) groups is 1. The number of hydrogen-bond acceptors (Lipinski definition) is 3. The number of halogens is 1. The maximum absolute atomic E-state index is 12.7. The molecule has 0 radical (unpaired) electrons. The first-order valence-electron chi connectivity index (χ1n) is 8.45. The van der Waals surface area contributed by atoms with E-state index in [1.807, 2.05) is 0 Å². The van der Waals surface area contributed by atoms with Gasteiger partial charge in [-0.05, 0) is 61.0 Å². The van der Waals surface area contributed by atoms with Gasteiger partial charge in [-0.15, -0.1) is 23.7 Å².